The Balaban J connectivity index is 1.84. The summed E-state index contributed by atoms with van der Waals surface area (Å²) < 4.78 is 11.0. The molecule has 34 heavy (non-hydrogen) atoms. The van der Waals surface area contributed by atoms with Gasteiger partial charge in [-0.1, -0.05) is 20.8 Å². The summed E-state index contributed by atoms with van der Waals surface area (Å²) in [4.78, 5) is 32.3. The van der Waals surface area contributed by atoms with Gasteiger partial charge in [-0.05, 0) is 48.5 Å². The molecule has 0 aliphatic carbocycles. The van der Waals surface area contributed by atoms with Crippen LogP contribution in [-0.4, -0.2) is 40.1 Å². The second-order valence-electron chi connectivity index (χ2n) is 8.91. The Morgan fingerprint density at radius 2 is 1.88 bits per heavy atom. The molecule has 8 nitrogen and oxygen atoms in total. The third kappa shape index (κ3) is 4.20. The number of carbonyl (C=O) groups is 2. The van der Waals surface area contributed by atoms with Crippen LogP contribution >= 0.6 is 0 Å². The number of pyridine rings is 1. The first-order valence-electron chi connectivity index (χ1n) is 10.9. The molecule has 1 atom stereocenters. The van der Waals surface area contributed by atoms with Crippen LogP contribution in [0.1, 0.15) is 32.4 Å². The number of hydrogen-bond donors (Lipinski definition) is 2. The SMILES string of the molecule is CC(C)(C)C(=O)C1=C(O)C(=O)N(c2ccc(-c3ccco3)cc2)C1c1cccnc1OCCO. The summed E-state index contributed by atoms with van der Waals surface area (Å²) in [5.74, 6) is -0.819. The fraction of sp³-hybridized carbons (Fsp3) is 0.269. The average molecular weight is 463 g/mol. The lowest BCUT2D eigenvalue weighted by Crippen LogP contribution is -2.33. The van der Waals surface area contributed by atoms with Gasteiger partial charge < -0.3 is 19.4 Å². The zero-order valence-electron chi connectivity index (χ0n) is 19.2. The van der Waals surface area contributed by atoms with Crippen molar-refractivity contribution < 1.29 is 29.0 Å². The van der Waals surface area contributed by atoms with E-state index < -0.39 is 23.1 Å². The number of benzene rings is 1. The maximum atomic E-state index is 13.4. The summed E-state index contributed by atoms with van der Waals surface area (Å²) in [7, 11) is 0. The number of hydrogen-bond acceptors (Lipinski definition) is 7. The van der Waals surface area contributed by atoms with Gasteiger partial charge in [-0.2, -0.15) is 0 Å². The zero-order chi connectivity index (χ0) is 24.5. The van der Waals surface area contributed by atoms with E-state index in [1.54, 1.807) is 69.5 Å². The van der Waals surface area contributed by atoms with Crippen LogP contribution in [0.3, 0.4) is 0 Å². The van der Waals surface area contributed by atoms with Gasteiger partial charge in [0.05, 0.1) is 18.4 Å². The second kappa shape index (κ2) is 9.15. The van der Waals surface area contributed by atoms with Crippen LogP contribution in [0.25, 0.3) is 11.3 Å². The second-order valence-corrected chi connectivity index (χ2v) is 8.91. The van der Waals surface area contributed by atoms with Crippen LogP contribution < -0.4 is 9.64 Å². The Bertz CT molecular complexity index is 1220. The molecule has 1 aliphatic heterocycles. The number of aromatic nitrogens is 1. The summed E-state index contributed by atoms with van der Waals surface area (Å²) in [6.45, 7) is 4.94. The molecule has 1 aromatic carbocycles. The van der Waals surface area contributed by atoms with Gasteiger partial charge in [0, 0.05) is 28.4 Å². The number of amides is 1. The van der Waals surface area contributed by atoms with E-state index in [4.69, 9.17) is 9.15 Å². The van der Waals surface area contributed by atoms with E-state index >= 15 is 0 Å². The number of aliphatic hydroxyl groups is 2. The Labute approximate surface area is 197 Å². The minimum atomic E-state index is -0.962. The molecule has 2 N–H and O–H groups in total. The fourth-order valence-corrected chi connectivity index (χ4v) is 3.91. The third-order valence-corrected chi connectivity index (χ3v) is 5.51. The van der Waals surface area contributed by atoms with Crippen molar-refractivity contribution in [3.63, 3.8) is 0 Å². The first-order chi connectivity index (χ1) is 16.2. The lowest BCUT2D eigenvalue weighted by molar-refractivity contribution is -0.123. The highest BCUT2D eigenvalue weighted by atomic mass is 16.5. The van der Waals surface area contributed by atoms with E-state index in [0.717, 1.165) is 5.56 Å². The van der Waals surface area contributed by atoms with E-state index in [1.165, 1.54) is 11.1 Å². The zero-order valence-corrected chi connectivity index (χ0v) is 19.2. The Hall–Kier alpha value is -3.91. The monoisotopic (exact) mass is 462 g/mol. The van der Waals surface area contributed by atoms with E-state index in [1.807, 2.05) is 6.07 Å². The highest BCUT2D eigenvalue weighted by molar-refractivity contribution is 6.17. The number of rotatable bonds is 7. The molecule has 0 saturated carbocycles. The molecule has 2 aromatic heterocycles. The lowest BCUT2D eigenvalue weighted by atomic mass is 9.82. The first-order valence-corrected chi connectivity index (χ1v) is 10.9. The van der Waals surface area contributed by atoms with Gasteiger partial charge in [-0.15, -0.1) is 0 Å². The normalized spacial score (nSPS) is 16.3. The fourth-order valence-electron chi connectivity index (χ4n) is 3.91. The third-order valence-electron chi connectivity index (χ3n) is 5.51. The van der Waals surface area contributed by atoms with Crippen molar-refractivity contribution in [1.29, 1.82) is 0 Å². The minimum absolute atomic E-state index is 0.0131. The van der Waals surface area contributed by atoms with Gasteiger partial charge in [0.2, 0.25) is 5.88 Å². The van der Waals surface area contributed by atoms with Crippen LogP contribution in [0.5, 0.6) is 5.88 Å². The summed E-state index contributed by atoms with van der Waals surface area (Å²) in [6, 6.07) is 13.1. The smallest absolute Gasteiger partial charge is 0.294 e. The minimum Gasteiger partial charge on any atom is -0.503 e. The Morgan fingerprint density at radius 3 is 2.50 bits per heavy atom. The molecule has 8 heteroatoms. The topological polar surface area (TPSA) is 113 Å². The largest absolute Gasteiger partial charge is 0.503 e. The van der Waals surface area contributed by atoms with Crippen molar-refractivity contribution in [2.45, 2.75) is 26.8 Å². The molecule has 176 valence electrons. The highest BCUT2D eigenvalue weighted by Crippen LogP contribution is 2.45. The molecule has 1 amide bonds. The number of carbonyl (C=O) groups excluding carboxylic acids is 2. The molecule has 0 saturated heterocycles. The number of nitrogens with zero attached hydrogens (tertiary/aromatic N) is 2. The molecule has 0 radical (unpaired) electrons. The Morgan fingerprint density at radius 1 is 1.15 bits per heavy atom. The van der Waals surface area contributed by atoms with Gasteiger partial charge in [-0.25, -0.2) is 4.98 Å². The molecule has 0 fully saturated rings. The predicted molar refractivity (Wildman–Crippen MR) is 125 cm³/mol. The summed E-state index contributed by atoms with van der Waals surface area (Å²) >= 11 is 0. The van der Waals surface area contributed by atoms with Crippen molar-refractivity contribution in [3.05, 3.63) is 77.9 Å². The van der Waals surface area contributed by atoms with Crippen LogP contribution in [0.4, 0.5) is 5.69 Å². The number of Topliss-reactive ketones (excluding diaryl/α,β-unsaturated/α-hetero) is 1. The van der Waals surface area contributed by atoms with Gasteiger partial charge in [0.25, 0.3) is 5.91 Å². The van der Waals surface area contributed by atoms with Gasteiger partial charge >= 0.3 is 0 Å². The molecule has 0 spiro atoms. The van der Waals surface area contributed by atoms with Crippen LogP contribution in [-0.2, 0) is 9.59 Å². The molecule has 0 bridgehead atoms. The number of ether oxygens (including phenoxy) is 1. The van der Waals surface area contributed by atoms with Crippen LogP contribution in [0.15, 0.2) is 76.7 Å². The van der Waals surface area contributed by atoms with Crippen molar-refractivity contribution in [1.82, 2.24) is 4.98 Å². The number of anilines is 1. The van der Waals surface area contributed by atoms with Crippen LogP contribution in [0, 0.1) is 5.41 Å². The van der Waals surface area contributed by atoms with Gasteiger partial charge in [-0.3, -0.25) is 14.5 Å². The summed E-state index contributed by atoms with van der Waals surface area (Å²) in [6.07, 6.45) is 3.09. The van der Waals surface area contributed by atoms with Gasteiger partial charge in [0.1, 0.15) is 18.4 Å². The van der Waals surface area contributed by atoms with Crippen molar-refractivity contribution in [3.8, 4) is 17.2 Å². The summed E-state index contributed by atoms with van der Waals surface area (Å²) in [5.41, 5.74) is 0.847. The first kappa shape index (κ1) is 23.3. The molecule has 1 unspecified atom stereocenters. The standard InChI is InChI=1S/C26H26N2O6/c1-26(2,3)23(31)20-21(18-6-4-12-27-24(18)34-15-13-29)28(25(32)22(20)30)17-10-8-16(9-11-17)19-7-5-14-33-19/h4-12,14,21,29-30H,13,15H2,1-3H3. The molecule has 4 rings (SSSR count). The van der Waals surface area contributed by atoms with Crippen molar-refractivity contribution in [2.75, 3.05) is 18.1 Å². The predicted octanol–water partition coefficient (Wildman–Crippen LogP) is 4.23. The molecule has 3 aromatic rings. The molecule has 3 heterocycles. The molecular weight excluding hydrogens is 436 g/mol. The van der Waals surface area contributed by atoms with Gasteiger partial charge in [0.15, 0.2) is 11.5 Å². The number of furan rings is 1. The maximum absolute atomic E-state index is 13.4. The summed E-state index contributed by atoms with van der Waals surface area (Å²) in [5, 5.41) is 20.1. The van der Waals surface area contributed by atoms with E-state index in [0.29, 0.717) is 17.0 Å². The average Bonchev–Trinajstić information content (AvgIpc) is 3.44. The number of aliphatic hydroxyl groups excluding tert-OH is 2. The van der Waals surface area contributed by atoms with E-state index in [-0.39, 0.29) is 30.5 Å². The quantitative estimate of drug-likeness (QED) is 0.540. The van der Waals surface area contributed by atoms with Crippen molar-refractivity contribution >= 4 is 17.4 Å². The maximum Gasteiger partial charge on any atom is 0.294 e. The highest BCUT2D eigenvalue weighted by Gasteiger charge is 2.47. The van der Waals surface area contributed by atoms with Crippen LogP contribution in [0.2, 0.25) is 0 Å². The Kier molecular flexibility index (Phi) is 6.26. The number of ketones is 1. The van der Waals surface area contributed by atoms with Crippen molar-refractivity contribution in [2.24, 2.45) is 5.41 Å². The van der Waals surface area contributed by atoms with E-state index in [2.05, 4.69) is 4.98 Å². The van der Waals surface area contributed by atoms with E-state index in [9.17, 15) is 19.8 Å². The lowest BCUT2D eigenvalue weighted by Gasteiger charge is -2.29. The molecule has 1 aliphatic rings. The molecular formula is C26H26N2O6.